The van der Waals surface area contributed by atoms with Crippen LogP contribution in [0, 0.1) is 0 Å². The van der Waals surface area contributed by atoms with E-state index >= 15 is 0 Å². The fourth-order valence-electron chi connectivity index (χ4n) is 0.861. The lowest BCUT2D eigenvalue weighted by atomic mass is 10.1. The number of hydrogen-bond acceptors (Lipinski definition) is 2. The highest BCUT2D eigenvalue weighted by atomic mass is 16.1. The second-order valence-corrected chi connectivity index (χ2v) is 2.53. The van der Waals surface area contributed by atoms with Gasteiger partial charge in [-0.25, -0.2) is 0 Å². The molecule has 0 bridgehead atoms. The van der Waals surface area contributed by atoms with Crippen LogP contribution in [0.5, 0.6) is 0 Å². The molecule has 1 rings (SSSR count). The van der Waals surface area contributed by atoms with Crippen molar-refractivity contribution in [2.45, 2.75) is 12.8 Å². The van der Waals surface area contributed by atoms with E-state index < -0.39 is 0 Å². The SMILES string of the molecule is O=C1/C=C\C=C\C(=O)C/C=C\C1. The fourth-order valence-corrected chi connectivity index (χ4v) is 0.861. The van der Waals surface area contributed by atoms with Gasteiger partial charge >= 0.3 is 0 Å². The summed E-state index contributed by atoms with van der Waals surface area (Å²) < 4.78 is 0. The van der Waals surface area contributed by atoms with Crippen molar-refractivity contribution < 1.29 is 9.59 Å². The lowest BCUT2D eigenvalue weighted by molar-refractivity contribution is -0.115. The molecule has 62 valence electrons. The van der Waals surface area contributed by atoms with Crippen molar-refractivity contribution in [3.05, 3.63) is 36.5 Å². The Bertz CT molecular complexity index is 242. The lowest BCUT2D eigenvalue weighted by Crippen LogP contribution is -1.92. The monoisotopic (exact) mass is 162 g/mol. The summed E-state index contributed by atoms with van der Waals surface area (Å²) in [5, 5.41) is 0. The van der Waals surface area contributed by atoms with Gasteiger partial charge in [0, 0.05) is 12.8 Å². The fraction of sp³-hybridized carbons (Fsp3) is 0.200. The predicted octanol–water partition coefficient (Wildman–Crippen LogP) is 1.59. The van der Waals surface area contributed by atoms with Gasteiger partial charge in [0.25, 0.3) is 0 Å². The van der Waals surface area contributed by atoms with Crippen LogP contribution in [0.3, 0.4) is 0 Å². The van der Waals surface area contributed by atoms with Crippen molar-refractivity contribution in [3.8, 4) is 0 Å². The summed E-state index contributed by atoms with van der Waals surface area (Å²) in [6, 6.07) is 0. The third-order valence-electron chi connectivity index (χ3n) is 1.48. The largest absolute Gasteiger partial charge is 0.295 e. The molecule has 0 radical (unpaired) electrons. The van der Waals surface area contributed by atoms with E-state index in [2.05, 4.69) is 0 Å². The molecule has 2 nitrogen and oxygen atoms in total. The summed E-state index contributed by atoms with van der Waals surface area (Å²) in [4.78, 5) is 21.9. The van der Waals surface area contributed by atoms with Crippen molar-refractivity contribution >= 4 is 11.6 Å². The minimum Gasteiger partial charge on any atom is -0.295 e. The second kappa shape index (κ2) is 4.44. The van der Waals surface area contributed by atoms with Gasteiger partial charge in [-0.2, -0.15) is 0 Å². The summed E-state index contributed by atoms with van der Waals surface area (Å²) in [5.74, 6) is 0.121. The Hall–Kier alpha value is -1.44. The first-order valence-electron chi connectivity index (χ1n) is 3.84. The van der Waals surface area contributed by atoms with E-state index in [-0.39, 0.29) is 11.6 Å². The van der Waals surface area contributed by atoms with Crippen LogP contribution in [0.15, 0.2) is 36.5 Å². The Labute approximate surface area is 71.3 Å². The molecule has 0 heterocycles. The zero-order valence-electron chi connectivity index (χ0n) is 6.69. The van der Waals surface area contributed by atoms with E-state index in [0.717, 1.165) is 0 Å². The minimum atomic E-state index is 0.0604. The van der Waals surface area contributed by atoms with Crippen LogP contribution in [-0.4, -0.2) is 11.6 Å². The molecule has 0 atom stereocenters. The molecule has 0 aromatic carbocycles. The summed E-state index contributed by atoms with van der Waals surface area (Å²) >= 11 is 0. The minimum absolute atomic E-state index is 0.0604. The summed E-state index contributed by atoms with van der Waals surface area (Å²) in [7, 11) is 0. The van der Waals surface area contributed by atoms with Crippen molar-refractivity contribution in [2.24, 2.45) is 0 Å². The maximum Gasteiger partial charge on any atom is 0.159 e. The molecule has 2 heteroatoms. The van der Waals surface area contributed by atoms with Gasteiger partial charge in [-0.3, -0.25) is 9.59 Å². The Morgan fingerprint density at radius 2 is 1.25 bits per heavy atom. The van der Waals surface area contributed by atoms with E-state index in [1.165, 1.54) is 12.2 Å². The maximum absolute atomic E-state index is 10.9. The second-order valence-electron chi connectivity index (χ2n) is 2.53. The van der Waals surface area contributed by atoms with Crippen molar-refractivity contribution in [2.75, 3.05) is 0 Å². The first kappa shape index (κ1) is 8.65. The normalized spacial score (nSPS) is 26.3. The molecule has 0 saturated carbocycles. The zero-order valence-corrected chi connectivity index (χ0v) is 6.69. The van der Waals surface area contributed by atoms with Crippen LogP contribution < -0.4 is 0 Å². The highest BCUT2D eigenvalue weighted by molar-refractivity contribution is 5.93. The van der Waals surface area contributed by atoms with Crippen LogP contribution in [0.4, 0.5) is 0 Å². The van der Waals surface area contributed by atoms with Crippen LogP contribution in [0.2, 0.25) is 0 Å². The molecule has 0 aromatic heterocycles. The summed E-state index contributed by atoms with van der Waals surface area (Å²) in [5.41, 5.74) is 0. The highest BCUT2D eigenvalue weighted by Crippen LogP contribution is 1.96. The molecule has 12 heavy (non-hydrogen) atoms. The average Bonchev–Trinajstić information content (AvgIpc) is 2.06. The molecule has 1 aliphatic carbocycles. The molecule has 0 saturated heterocycles. The van der Waals surface area contributed by atoms with Crippen molar-refractivity contribution in [1.82, 2.24) is 0 Å². The van der Waals surface area contributed by atoms with E-state index in [0.29, 0.717) is 12.8 Å². The molecule has 0 aromatic rings. The Morgan fingerprint density at radius 3 is 1.67 bits per heavy atom. The van der Waals surface area contributed by atoms with Crippen molar-refractivity contribution in [3.63, 3.8) is 0 Å². The molecule has 0 aliphatic heterocycles. The number of ketones is 2. The van der Waals surface area contributed by atoms with Gasteiger partial charge in [0.2, 0.25) is 0 Å². The van der Waals surface area contributed by atoms with E-state index in [1.54, 1.807) is 24.3 Å². The standard InChI is InChI=1S/C10H10O2/c11-9-5-1-2-6-10(12)8-4-3-7-9/h1-6H,7-8H2/b4-3-,5-1-,6-2+. The van der Waals surface area contributed by atoms with E-state index in [4.69, 9.17) is 0 Å². The number of allylic oxidation sites excluding steroid dienone is 6. The van der Waals surface area contributed by atoms with Gasteiger partial charge in [-0.15, -0.1) is 0 Å². The molecule has 0 N–H and O–H groups in total. The summed E-state index contributed by atoms with van der Waals surface area (Å²) in [6.45, 7) is 0. The summed E-state index contributed by atoms with van der Waals surface area (Å²) in [6.07, 6.45) is 10.4. The predicted molar refractivity (Wildman–Crippen MR) is 46.7 cm³/mol. The third-order valence-corrected chi connectivity index (χ3v) is 1.48. The van der Waals surface area contributed by atoms with Crippen LogP contribution in [-0.2, 0) is 9.59 Å². The van der Waals surface area contributed by atoms with Gasteiger partial charge in [-0.1, -0.05) is 24.3 Å². The topological polar surface area (TPSA) is 34.1 Å². The maximum atomic E-state index is 10.9. The third kappa shape index (κ3) is 3.10. The quantitative estimate of drug-likeness (QED) is 0.507. The molecular weight excluding hydrogens is 152 g/mol. The molecule has 0 fully saturated rings. The lowest BCUT2D eigenvalue weighted by Gasteiger charge is -1.90. The molecule has 0 spiro atoms. The van der Waals surface area contributed by atoms with Gasteiger partial charge < -0.3 is 0 Å². The van der Waals surface area contributed by atoms with Gasteiger partial charge in [0.1, 0.15) is 0 Å². The number of carbonyl (C=O) groups is 2. The van der Waals surface area contributed by atoms with Gasteiger partial charge in [0.05, 0.1) is 0 Å². The Balaban J connectivity index is 2.71. The molecule has 0 amide bonds. The van der Waals surface area contributed by atoms with Crippen LogP contribution in [0.1, 0.15) is 12.8 Å². The first-order chi connectivity index (χ1) is 5.79. The Morgan fingerprint density at radius 1 is 0.833 bits per heavy atom. The van der Waals surface area contributed by atoms with E-state index in [1.807, 2.05) is 0 Å². The molecule has 0 unspecified atom stereocenters. The van der Waals surface area contributed by atoms with Crippen LogP contribution >= 0.6 is 0 Å². The number of hydrogen-bond donors (Lipinski definition) is 0. The number of carbonyl (C=O) groups excluding carboxylic acids is 2. The van der Waals surface area contributed by atoms with Crippen LogP contribution in [0.25, 0.3) is 0 Å². The van der Waals surface area contributed by atoms with Gasteiger partial charge in [0.15, 0.2) is 11.6 Å². The van der Waals surface area contributed by atoms with E-state index in [9.17, 15) is 9.59 Å². The number of rotatable bonds is 0. The molecule has 1 aliphatic rings. The zero-order chi connectivity index (χ0) is 8.81. The average molecular weight is 162 g/mol. The van der Waals surface area contributed by atoms with Crippen molar-refractivity contribution in [1.29, 1.82) is 0 Å². The smallest absolute Gasteiger partial charge is 0.159 e. The molecular formula is C10H10O2. The first-order valence-corrected chi connectivity index (χ1v) is 3.84. The Kier molecular flexibility index (Phi) is 3.20. The van der Waals surface area contributed by atoms with Gasteiger partial charge in [-0.05, 0) is 12.2 Å². The highest BCUT2D eigenvalue weighted by Gasteiger charge is 1.95.